The molecule has 3 aromatic rings. The lowest BCUT2D eigenvalue weighted by Gasteiger charge is -2.28. The van der Waals surface area contributed by atoms with Crippen molar-refractivity contribution in [2.75, 3.05) is 6.54 Å². The number of benzene rings is 1. The maximum Gasteiger partial charge on any atom is 0.254 e. The molecule has 0 radical (unpaired) electrons. The largest absolute Gasteiger partial charge is 0.361 e. The molecular formula is C20H22N4O. The molecule has 0 bridgehead atoms. The molecule has 5 rings (SSSR count). The lowest BCUT2D eigenvalue weighted by atomic mass is 10.0. The average Bonchev–Trinajstić information content (AvgIpc) is 3.27. The minimum absolute atomic E-state index is 0.0769. The number of hydrogen-bond donors (Lipinski definition) is 2. The SMILES string of the molecule is O=c1[nH]c(CC2CC2)nc2c1CCN(Cc1cccc3[nH]ccc13)C2. The van der Waals surface area contributed by atoms with E-state index in [9.17, 15) is 4.79 Å². The van der Waals surface area contributed by atoms with Crippen LogP contribution in [0.15, 0.2) is 35.3 Å². The monoisotopic (exact) mass is 334 g/mol. The quantitative estimate of drug-likeness (QED) is 0.771. The number of nitrogens with zero attached hydrogens (tertiary/aromatic N) is 2. The average molecular weight is 334 g/mol. The number of H-pyrrole nitrogens is 2. The predicted octanol–water partition coefficient (Wildman–Crippen LogP) is 2.76. The molecule has 0 amide bonds. The van der Waals surface area contributed by atoms with Crippen LogP contribution in [0, 0.1) is 5.92 Å². The Morgan fingerprint density at radius 3 is 3.04 bits per heavy atom. The Kier molecular flexibility index (Phi) is 3.48. The van der Waals surface area contributed by atoms with Gasteiger partial charge in [-0.15, -0.1) is 0 Å². The Morgan fingerprint density at radius 1 is 1.24 bits per heavy atom. The van der Waals surface area contributed by atoms with E-state index in [4.69, 9.17) is 4.98 Å². The maximum absolute atomic E-state index is 12.4. The van der Waals surface area contributed by atoms with Crippen molar-refractivity contribution in [3.63, 3.8) is 0 Å². The van der Waals surface area contributed by atoms with Gasteiger partial charge in [0.1, 0.15) is 5.82 Å². The number of hydrogen-bond acceptors (Lipinski definition) is 3. The smallest absolute Gasteiger partial charge is 0.254 e. The van der Waals surface area contributed by atoms with E-state index in [2.05, 4.69) is 39.1 Å². The summed E-state index contributed by atoms with van der Waals surface area (Å²) < 4.78 is 0. The molecule has 5 heteroatoms. The Hall–Kier alpha value is -2.40. The summed E-state index contributed by atoms with van der Waals surface area (Å²) in [5.41, 5.74) is 4.44. The van der Waals surface area contributed by atoms with E-state index in [0.29, 0.717) is 0 Å². The molecule has 0 atom stereocenters. The zero-order valence-corrected chi connectivity index (χ0v) is 14.2. The van der Waals surface area contributed by atoms with Gasteiger partial charge in [0.2, 0.25) is 0 Å². The van der Waals surface area contributed by atoms with Gasteiger partial charge in [0.15, 0.2) is 0 Å². The van der Waals surface area contributed by atoms with E-state index in [1.54, 1.807) is 0 Å². The fraction of sp³-hybridized carbons (Fsp3) is 0.400. The van der Waals surface area contributed by atoms with Crippen LogP contribution >= 0.6 is 0 Å². The molecule has 1 saturated carbocycles. The van der Waals surface area contributed by atoms with E-state index in [-0.39, 0.29) is 5.56 Å². The fourth-order valence-corrected chi connectivity index (χ4v) is 3.90. The van der Waals surface area contributed by atoms with Crippen LogP contribution in [0.1, 0.15) is 35.5 Å². The number of aromatic amines is 2. The van der Waals surface area contributed by atoms with Gasteiger partial charge in [-0.3, -0.25) is 9.69 Å². The molecule has 1 fully saturated rings. The number of rotatable bonds is 4. The summed E-state index contributed by atoms with van der Waals surface area (Å²) in [5, 5.41) is 1.28. The minimum atomic E-state index is 0.0769. The van der Waals surface area contributed by atoms with E-state index in [1.807, 2.05) is 6.20 Å². The summed E-state index contributed by atoms with van der Waals surface area (Å²) in [6, 6.07) is 8.53. The van der Waals surface area contributed by atoms with Crippen LogP contribution < -0.4 is 5.56 Å². The van der Waals surface area contributed by atoms with E-state index in [1.165, 1.54) is 29.3 Å². The normalized spacial score (nSPS) is 17.8. The zero-order chi connectivity index (χ0) is 16.8. The molecule has 3 heterocycles. The first kappa shape index (κ1) is 14.9. The van der Waals surface area contributed by atoms with Crippen LogP contribution in [0.5, 0.6) is 0 Å². The standard InChI is InChI=1S/C20H22N4O/c25-20-16-7-9-24(11-14-2-1-3-17-15(14)6-8-21-17)12-18(16)22-19(23-20)10-13-4-5-13/h1-3,6,8,13,21H,4-5,7,9-12H2,(H,22,23,25). The summed E-state index contributed by atoms with van der Waals surface area (Å²) in [6.07, 6.45) is 6.24. The molecule has 1 aliphatic heterocycles. The van der Waals surface area contributed by atoms with Crippen molar-refractivity contribution in [1.82, 2.24) is 19.9 Å². The summed E-state index contributed by atoms with van der Waals surface area (Å²) in [5.74, 6) is 1.60. The van der Waals surface area contributed by atoms with E-state index >= 15 is 0 Å². The van der Waals surface area contributed by atoms with Gasteiger partial charge >= 0.3 is 0 Å². The van der Waals surface area contributed by atoms with Crippen molar-refractivity contribution >= 4 is 10.9 Å². The molecule has 1 aliphatic carbocycles. The predicted molar refractivity (Wildman–Crippen MR) is 97.4 cm³/mol. The Balaban J connectivity index is 1.40. The van der Waals surface area contributed by atoms with E-state index < -0.39 is 0 Å². The second-order valence-electron chi connectivity index (χ2n) is 7.40. The van der Waals surface area contributed by atoms with Crippen LogP contribution in [0.2, 0.25) is 0 Å². The Labute approximate surface area is 146 Å². The van der Waals surface area contributed by atoms with Gasteiger partial charge in [0.05, 0.1) is 5.69 Å². The minimum Gasteiger partial charge on any atom is -0.361 e. The maximum atomic E-state index is 12.4. The first-order valence-corrected chi connectivity index (χ1v) is 9.14. The molecular weight excluding hydrogens is 312 g/mol. The van der Waals surface area contributed by atoms with Crippen molar-refractivity contribution in [2.24, 2.45) is 5.92 Å². The topological polar surface area (TPSA) is 64.8 Å². The lowest BCUT2D eigenvalue weighted by Crippen LogP contribution is -2.35. The van der Waals surface area contributed by atoms with Gasteiger partial charge in [-0.25, -0.2) is 4.98 Å². The van der Waals surface area contributed by atoms with Crippen LogP contribution in [0.3, 0.4) is 0 Å². The Bertz CT molecular complexity index is 983. The molecule has 1 aromatic carbocycles. The van der Waals surface area contributed by atoms with Crippen molar-refractivity contribution in [2.45, 2.75) is 38.8 Å². The van der Waals surface area contributed by atoms with Crippen molar-refractivity contribution in [3.05, 3.63) is 63.5 Å². The van der Waals surface area contributed by atoms with Crippen molar-refractivity contribution in [3.8, 4) is 0 Å². The van der Waals surface area contributed by atoms with Gasteiger partial charge in [0.25, 0.3) is 5.56 Å². The highest BCUT2D eigenvalue weighted by Crippen LogP contribution is 2.31. The molecule has 128 valence electrons. The number of nitrogens with one attached hydrogen (secondary N) is 2. The van der Waals surface area contributed by atoms with E-state index in [0.717, 1.165) is 55.5 Å². The second-order valence-corrected chi connectivity index (χ2v) is 7.40. The van der Waals surface area contributed by atoms with Crippen LogP contribution in [-0.4, -0.2) is 26.4 Å². The molecule has 0 spiro atoms. The highest BCUT2D eigenvalue weighted by atomic mass is 16.1. The molecule has 0 unspecified atom stereocenters. The molecule has 0 saturated heterocycles. The first-order valence-electron chi connectivity index (χ1n) is 9.14. The van der Waals surface area contributed by atoms with Gasteiger partial charge in [-0.05, 0) is 42.9 Å². The molecule has 5 nitrogen and oxygen atoms in total. The number of aromatic nitrogens is 3. The number of fused-ring (bicyclic) bond motifs is 2. The van der Waals surface area contributed by atoms with Gasteiger partial charge in [-0.2, -0.15) is 0 Å². The van der Waals surface area contributed by atoms with Gasteiger partial charge in [-0.1, -0.05) is 12.1 Å². The highest BCUT2D eigenvalue weighted by Gasteiger charge is 2.25. The first-order chi connectivity index (χ1) is 12.3. The third-order valence-corrected chi connectivity index (χ3v) is 5.46. The zero-order valence-electron chi connectivity index (χ0n) is 14.2. The van der Waals surface area contributed by atoms with Gasteiger partial charge in [0, 0.05) is 48.7 Å². The van der Waals surface area contributed by atoms with Crippen LogP contribution in [-0.2, 0) is 25.9 Å². The molecule has 2 aliphatic rings. The lowest BCUT2D eigenvalue weighted by molar-refractivity contribution is 0.241. The molecule has 2 N–H and O–H groups in total. The van der Waals surface area contributed by atoms with Crippen LogP contribution in [0.4, 0.5) is 0 Å². The highest BCUT2D eigenvalue weighted by molar-refractivity contribution is 5.82. The van der Waals surface area contributed by atoms with Crippen LogP contribution in [0.25, 0.3) is 10.9 Å². The molecule has 25 heavy (non-hydrogen) atoms. The summed E-state index contributed by atoms with van der Waals surface area (Å²) in [4.78, 5) is 25.8. The summed E-state index contributed by atoms with van der Waals surface area (Å²) >= 11 is 0. The van der Waals surface area contributed by atoms with Crippen molar-refractivity contribution in [1.29, 1.82) is 0 Å². The second kappa shape index (κ2) is 5.85. The molecule has 2 aromatic heterocycles. The fourth-order valence-electron chi connectivity index (χ4n) is 3.90. The Morgan fingerprint density at radius 2 is 2.16 bits per heavy atom. The summed E-state index contributed by atoms with van der Waals surface area (Å²) in [7, 11) is 0. The van der Waals surface area contributed by atoms with Gasteiger partial charge < -0.3 is 9.97 Å². The summed E-state index contributed by atoms with van der Waals surface area (Å²) in [6.45, 7) is 2.55. The van der Waals surface area contributed by atoms with Crippen molar-refractivity contribution < 1.29 is 0 Å². The third kappa shape index (κ3) is 2.89. The third-order valence-electron chi connectivity index (χ3n) is 5.46.